The first-order valence-corrected chi connectivity index (χ1v) is 4.95. The third kappa shape index (κ3) is 1.94. The molecule has 1 aliphatic carbocycles. The van der Waals surface area contributed by atoms with Crippen LogP contribution in [0, 0.1) is 5.92 Å². The highest BCUT2D eigenvalue weighted by atomic mass is 32.1. The molecular formula is C9H16O2S. The van der Waals surface area contributed by atoms with E-state index in [9.17, 15) is 4.79 Å². The molecule has 0 radical (unpaired) electrons. The van der Waals surface area contributed by atoms with Crippen molar-refractivity contribution in [2.45, 2.75) is 43.8 Å². The van der Waals surface area contributed by atoms with Crippen molar-refractivity contribution in [3.8, 4) is 0 Å². The fourth-order valence-electron chi connectivity index (χ4n) is 1.84. The van der Waals surface area contributed by atoms with Gasteiger partial charge in [0.25, 0.3) is 0 Å². The molecule has 1 aliphatic rings. The van der Waals surface area contributed by atoms with Gasteiger partial charge in [-0.2, -0.15) is 12.6 Å². The molecule has 0 spiro atoms. The van der Waals surface area contributed by atoms with Gasteiger partial charge < -0.3 is 5.11 Å². The summed E-state index contributed by atoms with van der Waals surface area (Å²) in [5.74, 6) is -0.523. The predicted molar refractivity (Wildman–Crippen MR) is 51.6 cm³/mol. The molecule has 0 amide bonds. The van der Waals surface area contributed by atoms with Crippen LogP contribution in [0.3, 0.4) is 0 Å². The molecule has 1 rings (SSSR count). The van der Waals surface area contributed by atoms with Crippen LogP contribution in [0.15, 0.2) is 0 Å². The lowest BCUT2D eigenvalue weighted by Gasteiger charge is -2.32. The molecule has 70 valence electrons. The second-order valence-corrected chi connectivity index (χ2v) is 4.72. The Kier molecular flexibility index (Phi) is 3.04. The minimum Gasteiger partial charge on any atom is -0.480 e. The van der Waals surface area contributed by atoms with Crippen LogP contribution >= 0.6 is 12.6 Å². The number of carboxylic acid groups (broad SMARTS) is 1. The lowest BCUT2D eigenvalue weighted by molar-refractivity contribution is -0.141. The van der Waals surface area contributed by atoms with Crippen molar-refractivity contribution < 1.29 is 9.90 Å². The van der Waals surface area contributed by atoms with Gasteiger partial charge >= 0.3 is 5.97 Å². The summed E-state index contributed by atoms with van der Waals surface area (Å²) < 4.78 is -0.819. The van der Waals surface area contributed by atoms with Crippen molar-refractivity contribution in [3.05, 3.63) is 0 Å². The number of carboxylic acids is 1. The van der Waals surface area contributed by atoms with E-state index in [-0.39, 0.29) is 5.92 Å². The first kappa shape index (κ1) is 9.90. The molecule has 1 saturated carbocycles. The molecule has 1 N–H and O–H groups in total. The summed E-state index contributed by atoms with van der Waals surface area (Å²) in [5.41, 5.74) is 0. The zero-order valence-electron chi connectivity index (χ0n) is 7.42. The van der Waals surface area contributed by atoms with Gasteiger partial charge in [-0.25, -0.2) is 0 Å². The standard InChI is InChI=1S/C9H16O2S/c1-9(12,8(10)11)7-5-3-2-4-6-7/h7,12H,2-6H2,1H3,(H,10,11). The van der Waals surface area contributed by atoms with Crippen molar-refractivity contribution in [2.24, 2.45) is 5.92 Å². The highest BCUT2D eigenvalue weighted by Crippen LogP contribution is 2.36. The molecule has 0 saturated heterocycles. The predicted octanol–water partition coefficient (Wildman–Crippen LogP) is 2.34. The van der Waals surface area contributed by atoms with Crippen molar-refractivity contribution in [1.82, 2.24) is 0 Å². The molecule has 0 bridgehead atoms. The summed E-state index contributed by atoms with van der Waals surface area (Å²) >= 11 is 4.22. The summed E-state index contributed by atoms with van der Waals surface area (Å²) in [5, 5.41) is 8.92. The van der Waals surface area contributed by atoms with Gasteiger partial charge in [-0.05, 0) is 25.7 Å². The molecule has 3 heteroatoms. The first-order chi connectivity index (χ1) is 5.55. The van der Waals surface area contributed by atoms with Crippen molar-refractivity contribution >= 4 is 18.6 Å². The van der Waals surface area contributed by atoms with E-state index in [0.717, 1.165) is 25.7 Å². The zero-order valence-corrected chi connectivity index (χ0v) is 8.31. The number of hydrogen-bond acceptors (Lipinski definition) is 2. The van der Waals surface area contributed by atoms with Crippen LogP contribution in [0.1, 0.15) is 39.0 Å². The Morgan fingerprint density at radius 3 is 2.33 bits per heavy atom. The van der Waals surface area contributed by atoms with Crippen molar-refractivity contribution in [2.75, 3.05) is 0 Å². The zero-order chi connectivity index (χ0) is 9.19. The SMILES string of the molecule is CC(S)(C(=O)O)C1CCCCC1. The quantitative estimate of drug-likeness (QED) is 0.653. The Hall–Kier alpha value is -0.180. The molecule has 1 atom stereocenters. The third-order valence-corrected chi connectivity index (χ3v) is 3.39. The Morgan fingerprint density at radius 2 is 1.92 bits per heavy atom. The van der Waals surface area contributed by atoms with Gasteiger partial charge in [0.15, 0.2) is 0 Å². The molecule has 0 aromatic carbocycles. The fraction of sp³-hybridized carbons (Fsp3) is 0.889. The van der Waals surface area contributed by atoms with Crippen LogP contribution in [0.5, 0.6) is 0 Å². The van der Waals surface area contributed by atoms with Gasteiger partial charge in [-0.1, -0.05) is 19.3 Å². The van der Waals surface area contributed by atoms with Gasteiger partial charge in [0.05, 0.1) is 0 Å². The van der Waals surface area contributed by atoms with E-state index in [2.05, 4.69) is 12.6 Å². The summed E-state index contributed by atoms with van der Waals surface area (Å²) in [4.78, 5) is 10.8. The molecule has 0 aliphatic heterocycles. The molecule has 0 heterocycles. The monoisotopic (exact) mass is 188 g/mol. The van der Waals surface area contributed by atoms with Gasteiger partial charge in [0.1, 0.15) is 4.75 Å². The fourth-order valence-corrected chi connectivity index (χ4v) is 2.10. The lowest BCUT2D eigenvalue weighted by Crippen LogP contribution is -2.38. The number of aliphatic carboxylic acids is 1. The average Bonchev–Trinajstić information content (AvgIpc) is 2.06. The van der Waals surface area contributed by atoms with Crippen LogP contribution < -0.4 is 0 Å². The van der Waals surface area contributed by atoms with E-state index >= 15 is 0 Å². The van der Waals surface area contributed by atoms with E-state index in [0.29, 0.717) is 0 Å². The maximum atomic E-state index is 10.8. The van der Waals surface area contributed by atoms with E-state index < -0.39 is 10.7 Å². The Bertz CT molecular complexity index is 171. The van der Waals surface area contributed by atoms with Gasteiger partial charge in [-0.15, -0.1) is 0 Å². The van der Waals surface area contributed by atoms with E-state index in [1.807, 2.05) is 0 Å². The number of thiol groups is 1. The maximum Gasteiger partial charge on any atom is 0.319 e. The molecule has 1 fully saturated rings. The molecule has 0 aromatic rings. The summed E-state index contributed by atoms with van der Waals surface area (Å²) in [6.45, 7) is 1.72. The summed E-state index contributed by atoms with van der Waals surface area (Å²) in [7, 11) is 0. The molecule has 1 unspecified atom stereocenters. The topological polar surface area (TPSA) is 37.3 Å². The number of rotatable bonds is 2. The summed E-state index contributed by atoms with van der Waals surface area (Å²) in [6, 6.07) is 0. The highest BCUT2D eigenvalue weighted by molar-refractivity contribution is 7.82. The van der Waals surface area contributed by atoms with Crippen molar-refractivity contribution in [3.63, 3.8) is 0 Å². The van der Waals surface area contributed by atoms with Gasteiger partial charge in [0.2, 0.25) is 0 Å². The molecule has 0 aromatic heterocycles. The Morgan fingerprint density at radius 1 is 1.42 bits per heavy atom. The minimum absolute atomic E-state index is 0.257. The van der Waals surface area contributed by atoms with Crippen LogP contribution in [-0.2, 0) is 4.79 Å². The summed E-state index contributed by atoms with van der Waals surface area (Å²) in [6.07, 6.45) is 5.61. The normalized spacial score (nSPS) is 24.8. The van der Waals surface area contributed by atoms with Crippen LogP contribution in [0.4, 0.5) is 0 Å². The smallest absolute Gasteiger partial charge is 0.319 e. The largest absolute Gasteiger partial charge is 0.480 e. The molecule has 2 nitrogen and oxygen atoms in total. The minimum atomic E-state index is -0.819. The Balaban J connectivity index is 2.59. The van der Waals surface area contributed by atoms with Crippen LogP contribution in [0.2, 0.25) is 0 Å². The Labute approximate surface area is 78.8 Å². The van der Waals surface area contributed by atoms with E-state index in [4.69, 9.17) is 5.11 Å². The third-order valence-electron chi connectivity index (χ3n) is 2.83. The van der Waals surface area contributed by atoms with Gasteiger partial charge in [0, 0.05) is 0 Å². The first-order valence-electron chi connectivity index (χ1n) is 4.51. The van der Waals surface area contributed by atoms with Crippen molar-refractivity contribution in [1.29, 1.82) is 0 Å². The molecular weight excluding hydrogens is 172 g/mol. The lowest BCUT2D eigenvalue weighted by atomic mass is 9.80. The van der Waals surface area contributed by atoms with E-state index in [1.54, 1.807) is 6.92 Å². The second-order valence-electron chi connectivity index (χ2n) is 3.79. The highest BCUT2D eigenvalue weighted by Gasteiger charge is 2.38. The molecule has 12 heavy (non-hydrogen) atoms. The number of hydrogen-bond donors (Lipinski definition) is 2. The van der Waals surface area contributed by atoms with Gasteiger partial charge in [-0.3, -0.25) is 4.79 Å². The maximum absolute atomic E-state index is 10.8. The van der Waals surface area contributed by atoms with E-state index in [1.165, 1.54) is 6.42 Å². The average molecular weight is 188 g/mol. The second kappa shape index (κ2) is 3.69. The number of carbonyl (C=O) groups is 1. The van der Waals surface area contributed by atoms with Crippen LogP contribution in [-0.4, -0.2) is 15.8 Å². The van der Waals surface area contributed by atoms with Crippen LogP contribution in [0.25, 0.3) is 0 Å².